The molecule has 0 aromatic heterocycles. The van der Waals surface area contributed by atoms with Gasteiger partial charge in [-0.15, -0.1) is 11.8 Å². The summed E-state index contributed by atoms with van der Waals surface area (Å²) in [5.74, 6) is 0.320. The summed E-state index contributed by atoms with van der Waals surface area (Å²) >= 11 is 1.74. The van der Waals surface area contributed by atoms with Crippen LogP contribution in [0.3, 0.4) is 0 Å². The molecule has 5 nitrogen and oxygen atoms in total. The van der Waals surface area contributed by atoms with Crippen LogP contribution < -0.4 is 0 Å². The summed E-state index contributed by atoms with van der Waals surface area (Å²) in [6.07, 6.45) is 3.86. The summed E-state index contributed by atoms with van der Waals surface area (Å²) in [6.45, 7) is 3.74. The Balaban J connectivity index is 1.48. The van der Waals surface area contributed by atoms with Gasteiger partial charge in [-0.2, -0.15) is 0 Å². The zero-order chi connectivity index (χ0) is 16.7. The van der Waals surface area contributed by atoms with Crippen LogP contribution in [-0.2, 0) is 16.1 Å². The lowest BCUT2D eigenvalue weighted by Gasteiger charge is -2.47. The standard InChI is InChI=1S/C18H23N3O2S/c1-24-14-5-2-4-13(10-14)11-19-8-9-21-16(12-19)18(23)20-7-3-6-15(20)17(21)22/h2,4-5,10,15-16H,3,6-9,11-12H2,1H3/t15-,16-/m1/s1. The first-order valence-corrected chi connectivity index (χ1v) is 9.86. The Morgan fingerprint density at radius 3 is 2.71 bits per heavy atom. The SMILES string of the molecule is CSc1cccc(CN2CCN3C(=O)[C@H]4CCCN4C(=O)[C@H]3C2)c1. The molecule has 3 aliphatic heterocycles. The van der Waals surface area contributed by atoms with E-state index >= 15 is 0 Å². The lowest BCUT2D eigenvalue weighted by Crippen LogP contribution is -2.68. The fraction of sp³-hybridized carbons (Fsp3) is 0.556. The zero-order valence-electron chi connectivity index (χ0n) is 14.0. The van der Waals surface area contributed by atoms with E-state index in [1.54, 1.807) is 11.8 Å². The van der Waals surface area contributed by atoms with Gasteiger partial charge in [0.15, 0.2) is 0 Å². The van der Waals surface area contributed by atoms with E-state index in [-0.39, 0.29) is 23.9 Å². The number of rotatable bonds is 3. The molecule has 0 unspecified atom stereocenters. The van der Waals surface area contributed by atoms with Gasteiger partial charge in [0.1, 0.15) is 12.1 Å². The first kappa shape index (κ1) is 16.0. The maximum atomic E-state index is 12.8. The highest BCUT2D eigenvalue weighted by molar-refractivity contribution is 7.98. The predicted octanol–water partition coefficient (Wildman–Crippen LogP) is 1.43. The topological polar surface area (TPSA) is 43.9 Å². The van der Waals surface area contributed by atoms with Gasteiger partial charge in [0.25, 0.3) is 0 Å². The normalized spacial score (nSPS) is 27.4. The summed E-state index contributed by atoms with van der Waals surface area (Å²) < 4.78 is 0. The predicted molar refractivity (Wildman–Crippen MR) is 93.7 cm³/mol. The van der Waals surface area contributed by atoms with Crippen LogP contribution in [0, 0.1) is 0 Å². The van der Waals surface area contributed by atoms with Crippen LogP contribution >= 0.6 is 11.8 Å². The van der Waals surface area contributed by atoms with Crippen molar-refractivity contribution in [3.05, 3.63) is 29.8 Å². The van der Waals surface area contributed by atoms with E-state index in [1.165, 1.54) is 10.5 Å². The van der Waals surface area contributed by atoms with E-state index < -0.39 is 0 Å². The van der Waals surface area contributed by atoms with Gasteiger partial charge in [-0.25, -0.2) is 0 Å². The molecule has 24 heavy (non-hydrogen) atoms. The van der Waals surface area contributed by atoms with Gasteiger partial charge < -0.3 is 9.80 Å². The fourth-order valence-electron chi connectivity index (χ4n) is 4.16. The van der Waals surface area contributed by atoms with Crippen LogP contribution in [0.5, 0.6) is 0 Å². The number of fused-ring (bicyclic) bond motifs is 2. The number of piperazine rings is 2. The van der Waals surface area contributed by atoms with Gasteiger partial charge in [0.05, 0.1) is 0 Å². The third kappa shape index (κ3) is 2.71. The molecule has 0 N–H and O–H groups in total. The molecule has 3 saturated heterocycles. The second-order valence-electron chi connectivity index (χ2n) is 6.82. The first-order chi connectivity index (χ1) is 11.7. The highest BCUT2D eigenvalue weighted by atomic mass is 32.2. The molecule has 6 heteroatoms. The van der Waals surface area contributed by atoms with Crippen molar-refractivity contribution in [2.24, 2.45) is 0 Å². The Morgan fingerprint density at radius 1 is 1.08 bits per heavy atom. The Morgan fingerprint density at radius 2 is 1.88 bits per heavy atom. The molecule has 0 saturated carbocycles. The number of benzene rings is 1. The van der Waals surface area contributed by atoms with Gasteiger partial charge >= 0.3 is 0 Å². The molecule has 2 atom stereocenters. The van der Waals surface area contributed by atoms with Gasteiger partial charge in [0.2, 0.25) is 11.8 Å². The first-order valence-electron chi connectivity index (χ1n) is 8.63. The summed E-state index contributed by atoms with van der Waals surface area (Å²) in [7, 11) is 0. The van der Waals surface area contributed by atoms with E-state index in [1.807, 2.05) is 9.80 Å². The number of carbonyl (C=O) groups excluding carboxylic acids is 2. The number of thioether (sulfide) groups is 1. The van der Waals surface area contributed by atoms with Crippen LogP contribution in [0.4, 0.5) is 0 Å². The average Bonchev–Trinajstić information content (AvgIpc) is 3.10. The summed E-state index contributed by atoms with van der Waals surface area (Å²) in [5.41, 5.74) is 1.27. The van der Waals surface area contributed by atoms with Crippen molar-refractivity contribution in [1.82, 2.24) is 14.7 Å². The number of carbonyl (C=O) groups is 2. The van der Waals surface area contributed by atoms with Gasteiger partial charge in [0, 0.05) is 37.6 Å². The quantitative estimate of drug-likeness (QED) is 0.778. The number of amides is 2. The monoisotopic (exact) mass is 345 g/mol. The van der Waals surface area contributed by atoms with Crippen LogP contribution in [-0.4, -0.2) is 71.0 Å². The Bertz CT molecular complexity index is 665. The van der Waals surface area contributed by atoms with Crippen LogP contribution in [0.1, 0.15) is 18.4 Å². The van der Waals surface area contributed by atoms with E-state index in [2.05, 4.69) is 35.4 Å². The molecule has 3 heterocycles. The van der Waals surface area contributed by atoms with Crippen molar-refractivity contribution in [2.45, 2.75) is 36.4 Å². The van der Waals surface area contributed by atoms with Gasteiger partial charge in [-0.1, -0.05) is 12.1 Å². The molecule has 1 aromatic carbocycles. The second kappa shape index (κ2) is 6.41. The number of hydrogen-bond donors (Lipinski definition) is 0. The minimum absolute atomic E-state index is 0.152. The Kier molecular flexibility index (Phi) is 4.26. The van der Waals surface area contributed by atoms with Crippen molar-refractivity contribution in [3.63, 3.8) is 0 Å². The molecule has 0 spiro atoms. The van der Waals surface area contributed by atoms with Crippen molar-refractivity contribution >= 4 is 23.6 Å². The maximum absolute atomic E-state index is 12.8. The van der Waals surface area contributed by atoms with Crippen molar-refractivity contribution < 1.29 is 9.59 Å². The molecule has 4 rings (SSSR count). The smallest absolute Gasteiger partial charge is 0.247 e. The van der Waals surface area contributed by atoms with Crippen molar-refractivity contribution in [3.8, 4) is 0 Å². The van der Waals surface area contributed by atoms with E-state index in [9.17, 15) is 9.59 Å². The minimum Gasteiger partial charge on any atom is -0.329 e. The molecule has 0 radical (unpaired) electrons. The summed E-state index contributed by atoms with van der Waals surface area (Å²) in [5, 5.41) is 0. The van der Waals surface area contributed by atoms with Crippen molar-refractivity contribution in [2.75, 3.05) is 32.4 Å². The second-order valence-corrected chi connectivity index (χ2v) is 7.70. The van der Waals surface area contributed by atoms with E-state index in [0.29, 0.717) is 13.1 Å². The summed E-state index contributed by atoms with van der Waals surface area (Å²) in [6, 6.07) is 8.07. The largest absolute Gasteiger partial charge is 0.329 e. The number of hydrogen-bond acceptors (Lipinski definition) is 4. The molecule has 2 amide bonds. The molecule has 0 aliphatic carbocycles. The van der Waals surface area contributed by atoms with Crippen LogP contribution in [0.25, 0.3) is 0 Å². The highest BCUT2D eigenvalue weighted by Gasteiger charge is 2.49. The van der Waals surface area contributed by atoms with E-state index in [4.69, 9.17) is 0 Å². The lowest BCUT2D eigenvalue weighted by molar-refractivity contribution is -0.163. The molecule has 0 bridgehead atoms. The van der Waals surface area contributed by atoms with E-state index in [0.717, 1.165) is 32.5 Å². The fourth-order valence-corrected chi connectivity index (χ4v) is 4.64. The Labute approximate surface area is 147 Å². The molecule has 3 fully saturated rings. The Hall–Kier alpha value is -1.53. The molecule has 3 aliphatic rings. The highest BCUT2D eigenvalue weighted by Crippen LogP contribution is 2.29. The third-order valence-corrected chi connectivity index (χ3v) is 6.12. The molecular formula is C18H23N3O2S. The maximum Gasteiger partial charge on any atom is 0.247 e. The molecule has 128 valence electrons. The molecule has 1 aromatic rings. The van der Waals surface area contributed by atoms with Crippen LogP contribution in [0.2, 0.25) is 0 Å². The number of nitrogens with zero attached hydrogens (tertiary/aromatic N) is 3. The minimum atomic E-state index is -0.288. The van der Waals surface area contributed by atoms with Crippen molar-refractivity contribution in [1.29, 1.82) is 0 Å². The average molecular weight is 345 g/mol. The lowest BCUT2D eigenvalue weighted by atomic mass is 10.0. The molecular weight excluding hydrogens is 322 g/mol. The van der Waals surface area contributed by atoms with Gasteiger partial charge in [-0.3, -0.25) is 14.5 Å². The van der Waals surface area contributed by atoms with Crippen LogP contribution in [0.15, 0.2) is 29.2 Å². The summed E-state index contributed by atoms with van der Waals surface area (Å²) in [4.78, 5) is 32.7. The zero-order valence-corrected chi connectivity index (χ0v) is 14.8. The van der Waals surface area contributed by atoms with Gasteiger partial charge in [-0.05, 0) is 36.8 Å². The third-order valence-electron chi connectivity index (χ3n) is 5.39.